The van der Waals surface area contributed by atoms with Crippen LogP contribution in [0.4, 0.5) is 0 Å². The first-order valence-corrected chi connectivity index (χ1v) is 3.97. The molecule has 2 heterocycles. The Kier molecular flexibility index (Phi) is 1.15. The molecule has 2 aliphatic rings. The van der Waals surface area contributed by atoms with Crippen LogP contribution in [0.2, 0.25) is 0 Å². The van der Waals surface area contributed by atoms with Crippen LogP contribution in [-0.4, -0.2) is 17.4 Å². The molecule has 0 amide bonds. The number of carbonyl (C=O) groups excluding carboxylic acids is 1. The highest BCUT2D eigenvalue weighted by Gasteiger charge is 2.40. The Hall–Kier alpha value is -0.370. The van der Waals surface area contributed by atoms with E-state index < -0.39 is 0 Å². The highest BCUT2D eigenvalue weighted by Crippen LogP contribution is 2.32. The highest BCUT2D eigenvalue weighted by atomic mass is 16.1. The molecule has 0 aromatic rings. The van der Waals surface area contributed by atoms with Crippen molar-refractivity contribution in [2.75, 3.05) is 0 Å². The van der Waals surface area contributed by atoms with Gasteiger partial charge in [0, 0.05) is 24.4 Å². The normalized spacial score (nSPS) is 46.1. The Balaban J connectivity index is 2.20. The Bertz CT molecular complexity index is 178. The van der Waals surface area contributed by atoms with Crippen LogP contribution in [0.5, 0.6) is 0 Å². The van der Waals surface area contributed by atoms with Crippen LogP contribution in [0.1, 0.15) is 32.6 Å². The fourth-order valence-electron chi connectivity index (χ4n) is 2.20. The van der Waals surface area contributed by atoms with Crippen molar-refractivity contribution < 1.29 is 4.79 Å². The fourth-order valence-corrected chi connectivity index (χ4v) is 2.20. The smallest absolute Gasteiger partial charge is 0.136 e. The third-order valence-corrected chi connectivity index (χ3v) is 2.66. The van der Waals surface area contributed by atoms with Gasteiger partial charge < -0.3 is 5.32 Å². The third kappa shape index (κ3) is 0.870. The lowest BCUT2D eigenvalue weighted by Crippen LogP contribution is -2.47. The molecule has 2 heteroatoms. The molecule has 0 aromatic carbocycles. The Morgan fingerprint density at radius 2 is 2.50 bits per heavy atom. The number of carbonyl (C=O) groups is 1. The van der Waals surface area contributed by atoms with Crippen LogP contribution in [0.15, 0.2) is 0 Å². The Morgan fingerprint density at radius 3 is 3.20 bits per heavy atom. The van der Waals surface area contributed by atoms with Crippen molar-refractivity contribution in [3.8, 4) is 0 Å². The van der Waals surface area contributed by atoms with Crippen molar-refractivity contribution in [1.29, 1.82) is 0 Å². The van der Waals surface area contributed by atoms with Crippen LogP contribution >= 0.6 is 0 Å². The van der Waals surface area contributed by atoms with E-state index in [4.69, 9.17) is 0 Å². The first kappa shape index (κ1) is 6.35. The molecule has 2 nitrogen and oxygen atoms in total. The van der Waals surface area contributed by atoms with Gasteiger partial charge in [0.15, 0.2) is 0 Å². The monoisotopic (exact) mass is 139 g/mol. The molecule has 0 aliphatic carbocycles. The van der Waals surface area contributed by atoms with Crippen LogP contribution in [-0.2, 0) is 4.79 Å². The summed E-state index contributed by atoms with van der Waals surface area (Å²) in [5, 5.41) is 3.48. The molecular weight excluding hydrogens is 126 g/mol. The van der Waals surface area contributed by atoms with Crippen molar-refractivity contribution in [1.82, 2.24) is 5.32 Å². The zero-order valence-electron chi connectivity index (χ0n) is 6.31. The average Bonchev–Trinajstić information content (AvgIpc) is 2.06. The molecule has 2 unspecified atom stereocenters. The zero-order chi connectivity index (χ0) is 7.19. The number of hydrogen-bond donors (Lipinski definition) is 1. The molecule has 56 valence electrons. The summed E-state index contributed by atoms with van der Waals surface area (Å²) in [5.41, 5.74) is 0.167. The summed E-state index contributed by atoms with van der Waals surface area (Å²) in [7, 11) is 0. The summed E-state index contributed by atoms with van der Waals surface area (Å²) < 4.78 is 0. The van der Waals surface area contributed by atoms with E-state index in [0.717, 1.165) is 12.8 Å². The van der Waals surface area contributed by atoms with E-state index in [1.165, 1.54) is 12.8 Å². The largest absolute Gasteiger partial charge is 0.308 e. The molecule has 2 saturated heterocycles. The van der Waals surface area contributed by atoms with E-state index in [0.29, 0.717) is 11.8 Å². The topological polar surface area (TPSA) is 29.1 Å². The van der Waals surface area contributed by atoms with Crippen molar-refractivity contribution in [2.45, 2.75) is 44.2 Å². The lowest BCUT2D eigenvalue weighted by atomic mass is 9.92. The van der Waals surface area contributed by atoms with Gasteiger partial charge in [0.2, 0.25) is 0 Å². The molecule has 10 heavy (non-hydrogen) atoms. The number of hydrogen-bond acceptors (Lipinski definition) is 2. The van der Waals surface area contributed by atoms with Crippen LogP contribution in [0.3, 0.4) is 0 Å². The summed E-state index contributed by atoms with van der Waals surface area (Å²) in [4.78, 5) is 11.1. The van der Waals surface area contributed by atoms with E-state index in [9.17, 15) is 4.79 Å². The Labute approximate surface area is 61.0 Å². The molecule has 0 spiro atoms. The van der Waals surface area contributed by atoms with E-state index in [2.05, 4.69) is 12.2 Å². The predicted octanol–water partition coefficient (Wildman–Crippen LogP) is 0.860. The first-order chi connectivity index (χ1) is 4.68. The van der Waals surface area contributed by atoms with Crippen molar-refractivity contribution in [3.05, 3.63) is 0 Å². The van der Waals surface area contributed by atoms with E-state index in [1.54, 1.807) is 0 Å². The van der Waals surface area contributed by atoms with E-state index in [1.807, 2.05) is 0 Å². The number of fused-ring (bicyclic) bond motifs is 2. The lowest BCUT2D eigenvalue weighted by molar-refractivity contribution is -0.121. The van der Waals surface area contributed by atoms with Crippen molar-refractivity contribution in [3.63, 3.8) is 0 Å². The maximum Gasteiger partial charge on any atom is 0.136 e. The molecule has 2 fully saturated rings. The van der Waals surface area contributed by atoms with Gasteiger partial charge in [0.25, 0.3) is 0 Å². The van der Waals surface area contributed by atoms with Gasteiger partial charge in [-0.25, -0.2) is 0 Å². The standard InChI is InChI=1S/C8H13NO/c1-8-3-2-6(9-8)4-7(10)5-8/h6,9H,2-5H2,1H3. The summed E-state index contributed by atoms with van der Waals surface area (Å²) in [6.45, 7) is 2.16. The molecule has 2 rings (SSSR count). The summed E-state index contributed by atoms with van der Waals surface area (Å²) in [6.07, 6.45) is 3.91. The summed E-state index contributed by atoms with van der Waals surface area (Å²) in [6, 6.07) is 0.506. The predicted molar refractivity (Wildman–Crippen MR) is 38.8 cm³/mol. The van der Waals surface area contributed by atoms with Gasteiger partial charge in [0.1, 0.15) is 5.78 Å². The molecule has 1 N–H and O–H groups in total. The second kappa shape index (κ2) is 1.82. The highest BCUT2D eigenvalue weighted by molar-refractivity contribution is 5.81. The van der Waals surface area contributed by atoms with Crippen LogP contribution < -0.4 is 5.32 Å². The quantitative estimate of drug-likeness (QED) is 0.539. The minimum absolute atomic E-state index is 0.167. The third-order valence-electron chi connectivity index (χ3n) is 2.66. The summed E-state index contributed by atoms with van der Waals surface area (Å²) >= 11 is 0. The van der Waals surface area contributed by atoms with Crippen molar-refractivity contribution >= 4 is 5.78 Å². The van der Waals surface area contributed by atoms with E-state index >= 15 is 0 Å². The van der Waals surface area contributed by atoms with Gasteiger partial charge in [-0.3, -0.25) is 4.79 Å². The van der Waals surface area contributed by atoms with Gasteiger partial charge in [-0.1, -0.05) is 0 Å². The van der Waals surface area contributed by atoms with Gasteiger partial charge in [-0.15, -0.1) is 0 Å². The molecule has 2 bridgehead atoms. The second-order valence-corrected chi connectivity index (χ2v) is 3.86. The Morgan fingerprint density at radius 1 is 1.70 bits per heavy atom. The number of piperidine rings is 1. The fraction of sp³-hybridized carbons (Fsp3) is 0.875. The molecule has 0 radical (unpaired) electrons. The number of rotatable bonds is 0. The zero-order valence-corrected chi connectivity index (χ0v) is 6.31. The SMILES string of the molecule is CC12CCC(CC(=O)C1)N2. The molecule has 2 aliphatic heterocycles. The number of Topliss-reactive ketones (excluding diaryl/α,β-unsaturated/α-hetero) is 1. The molecular formula is C8H13NO. The van der Waals surface area contributed by atoms with Gasteiger partial charge in [-0.2, -0.15) is 0 Å². The van der Waals surface area contributed by atoms with Crippen molar-refractivity contribution in [2.24, 2.45) is 0 Å². The summed E-state index contributed by atoms with van der Waals surface area (Å²) in [5.74, 6) is 0.448. The number of ketones is 1. The van der Waals surface area contributed by atoms with Gasteiger partial charge >= 0.3 is 0 Å². The molecule has 0 aromatic heterocycles. The average molecular weight is 139 g/mol. The number of nitrogens with one attached hydrogen (secondary N) is 1. The minimum atomic E-state index is 0.167. The molecule has 0 saturated carbocycles. The van der Waals surface area contributed by atoms with Crippen LogP contribution in [0, 0.1) is 0 Å². The maximum atomic E-state index is 11.1. The van der Waals surface area contributed by atoms with Gasteiger partial charge in [0.05, 0.1) is 0 Å². The lowest BCUT2D eigenvalue weighted by Gasteiger charge is -2.29. The molecule has 2 atom stereocenters. The second-order valence-electron chi connectivity index (χ2n) is 3.86. The maximum absolute atomic E-state index is 11.1. The van der Waals surface area contributed by atoms with Gasteiger partial charge in [-0.05, 0) is 19.8 Å². The minimum Gasteiger partial charge on any atom is -0.308 e. The first-order valence-electron chi connectivity index (χ1n) is 3.97. The van der Waals surface area contributed by atoms with Crippen LogP contribution in [0.25, 0.3) is 0 Å². The van der Waals surface area contributed by atoms with E-state index in [-0.39, 0.29) is 5.54 Å².